The first-order valence-corrected chi connectivity index (χ1v) is 4.82. The van der Waals surface area contributed by atoms with Crippen LogP contribution in [-0.2, 0) is 6.54 Å². The van der Waals surface area contributed by atoms with Crippen molar-refractivity contribution in [3.05, 3.63) is 35.5 Å². The molecule has 0 fully saturated rings. The van der Waals surface area contributed by atoms with Crippen molar-refractivity contribution >= 4 is 17.4 Å². The molecule has 0 unspecified atom stereocenters. The van der Waals surface area contributed by atoms with Crippen molar-refractivity contribution < 1.29 is 0 Å². The molecule has 15 heavy (non-hydrogen) atoms. The first kappa shape index (κ1) is 9.92. The summed E-state index contributed by atoms with van der Waals surface area (Å²) in [5.74, 6) is 0.747. The molecule has 0 saturated heterocycles. The van der Waals surface area contributed by atoms with Crippen LogP contribution in [0.3, 0.4) is 0 Å². The van der Waals surface area contributed by atoms with Gasteiger partial charge < -0.3 is 5.32 Å². The van der Waals surface area contributed by atoms with Crippen molar-refractivity contribution in [3.63, 3.8) is 0 Å². The molecule has 2 rings (SSSR count). The van der Waals surface area contributed by atoms with Gasteiger partial charge in [0.25, 0.3) is 0 Å². The minimum atomic E-state index is 0.573. The second-order valence-electron chi connectivity index (χ2n) is 3.00. The van der Waals surface area contributed by atoms with Crippen LogP contribution in [0.2, 0.25) is 5.02 Å². The molecule has 0 aliphatic rings. The second-order valence-corrected chi connectivity index (χ2v) is 3.44. The van der Waals surface area contributed by atoms with Crippen molar-refractivity contribution in [1.29, 1.82) is 0 Å². The molecular formula is C9H10ClN5. The van der Waals surface area contributed by atoms with Gasteiger partial charge in [0.15, 0.2) is 0 Å². The van der Waals surface area contributed by atoms with Crippen LogP contribution in [0.5, 0.6) is 0 Å². The minimum absolute atomic E-state index is 0.573. The molecule has 78 valence electrons. The van der Waals surface area contributed by atoms with Crippen LogP contribution >= 0.6 is 11.6 Å². The van der Waals surface area contributed by atoms with Gasteiger partial charge in [0.2, 0.25) is 0 Å². The van der Waals surface area contributed by atoms with Gasteiger partial charge in [-0.3, -0.25) is 9.67 Å². The predicted molar refractivity (Wildman–Crippen MR) is 57.9 cm³/mol. The summed E-state index contributed by atoms with van der Waals surface area (Å²) in [6.07, 6.45) is 6.73. The zero-order valence-corrected chi connectivity index (χ0v) is 8.94. The first-order chi connectivity index (χ1) is 7.28. The molecule has 0 atom stereocenters. The molecule has 0 bridgehead atoms. The van der Waals surface area contributed by atoms with Gasteiger partial charge in [-0.15, -0.1) is 0 Å². The third-order valence-corrected chi connectivity index (χ3v) is 2.08. The summed E-state index contributed by atoms with van der Waals surface area (Å²) in [5.41, 5.74) is 0.841. The number of nitrogens with one attached hydrogen (secondary N) is 1. The van der Waals surface area contributed by atoms with Gasteiger partial charge in [0.05, 0.1) is 35.9 Å². The molecule has 0 amide bonds. The molecule has 0 spiro atoms. The number of hydrogen-bond donors (Lipinski definition) is 1. The highest BCUT2D eigenvalue weighted by atomic mass is 35.5. The van der Waals surface area contributed by atoms with E-state index in [1.54, 1.807) is 36.5 Å². The molecule has 0 radical (unpaired) electrons. The molecule has 5 nitrogen and oxygen atoms in total. The van der Waals surface area contributed by atoms with Crippen LogP contribution < -0.4 is 5.32 Å². The van der Waals surface area contributed by atoms with E-state index in [2.05, 4.69) is 20.4 Å². The maximum atomic E-state index is 5.74. The van der Waals surface area contributed by atoms with Crippen LogP contribution in [0.25, 0.3) is 0 Å². The van der Waals surface area contributed by atoms with E-state index in [4.69, 9.17) is 11.6 Å². The highest BCUT2D eigenvalue weighted by Gasteiger charge is 1.99. The SMILES string of the molecule is CNc1cnc(Cn2cc(Cl)cn2)cn1. The van der Waals surface area contributed by atoms with E-state index in [1.165, 1.54) is 0 Å². The van der Waals surface area contributed by atoms with Crippen molar-refractivity contribution in [2.24, 2.45) is 0 Å². The van der Waals surface area contributed by atoms with Crippen LogP contribution in [0.15, 0.2) is 24.8 Å². The second kappa shape index (κ2) is 4.27. The van der Waals surface area contributed by atoms with Gasteiger partial charge in [0, 0.05) is 13.2 Å². The quantitative estimate of drug-likeness (QED) is 0.855. The van der Waals surface area contributed by atoms with Gasteiger partial charge in [0.1, 0.15) is 5.82 Å². The van der Waals surface area contributed by atoms with Gasteiger partial charge in [-0.25, -0.2) is 4.98 Å². The largest absolute Gasteiger partial charge is 0.372 e. The number of rotatable bonds is 3. The summed E-state index contributed by atoms with van der Waals surface area (Å²) >= 11 is 5.74. The van der Waals surface area contributed by atoms with Crippen molar-refractivity contribution in [3.8, 4) is 0 Å². The standard InChI is InChI=1S/C9H10ClN5/c1-11-9-4-12-8(3-13-9)6-15-5-7(10)2-14-15/h2-5H,6H2,1H3,(H,11,13). The molecule has 2 heterocycles. The molecule has 2 aromatic heterocycles. The number of halogens is 1. The fourth-order valence-corrected chi connectivity index (χ4v) is 1.31. The lowest BCUT2D eigenvalue weighted by atomic mass is 10.4. The van der Waals surface area contributed by atoms with E-state index in [0.29, 0.717) is 11.6 Å². The van der Waals surface area contributed by atoms with Gasteiger partial charge in [-0.2, -0.15) is 5.10 Å². The maximum absolute atomic E-state index is 5.74. The molecule has 0 aliphatic heterocycles. The topological polar surface area (TPSA) is 55.6 Å². The predicted octanol–water partition coefficient (Wildman–Crippen LogP) is 1.42. The van der Waals surface area contributed by atoms with Crippen LogP contribution in [-0.4, -0.2) is 26.8 Å². The number of aromatic nitrogens is 4. The Balaban J connectivity index is 2.11. The first-order valence-electron chi connectivity index (χ1n) is 4.44. The Hall–Kier alpha value is -1.62. The fraction of sp³-hybridized carbons (Fsp3) is 0.222. The van der Waals surface area contributed by atoms with E-state index < -0.39 is 0 Å². The average Bonchev–Trinajstić information content (AvgIpc) is 2.65. The number of hydrogen-bond acceptors (Lipinski definition) is 4. The van der Waals surface area contributed by atoms with Crippen molar-refractivity contribution in [1.82, 2.24) is 19.7 Å². The number of nitrogens with zero attached hydrogens (tertiary/aromatic N) is 4. The Morgan fingerprint density at radius 1 is 1.33 bits per heavy atom. The zero-order chi connectivity index (χ0) is 10.7. The summed E-state index contributed by atoms with van der Waals surface area (Å²) in [5, 5.41) is 7.58. The third-order valence-electron chi connectivity index (χ3n) is 1.89. The summed E-state index contributed by atoms with van der Waals surface area (Å²) < 4.78 is 1.71. The van der Waals surface area contributed by atoms with Crippen LogP contribution in [0, 0.1) is 0 Å². The zero-order valence-electron chi connectivity index (χ0n) is 8.18. The molecule has 6 heteroatoms. The Morgan fingerprint density at radius 2 is 2.20 bits per heavy atom. The normalized spacial score (nSPS) is 10.3. The Morgan fingerprint density at radius 3 is 2.73 bits per heavy atom. The highest BCUT2D eigenvalue weighted by molar-refractivity contribution is 6.30. The van der Waals surface area contributed by atoms with E-state index in [9.17, 15) is 0 Å². The van der Waals surface area contributed by atoms with Gasteiger partial charge in [-0.05, 0) is 0 Å². The average molecular weight is 224 g/mol. The molecule has 0 saturated carbocycles. The minimum Gasteiger partial charge on any atom is -0.372 e. The smallest absolute Gasteiger partial charge is 0.144 e. The summed E-state index contributed by atoms with van der Waals surface area (Å²) in [6.45, 7) is 0.573. The molecule has 0 aromatic carbocycles. The Bertz CT molecular complexity index is 436. The molecular weight excluding hydrogens is 214 g/mol. The lowest BCUT2D eigenvalue weighted by molar-refractivity contribution is 0.670. The monoisotopic (exact) mass is 223 g/mol. The van der Waals surface area contributed by atoms with E-state index >= 15 is 0 Å². The number of anilines is 1. The van der Waals surface area contributed by atoms with Crippen molar-refractivity contribution in [2.75, 3.05) is 12.4 Å². The van der Waals surface area contributed by atoms with Crippen LogP contribution in [0.4, 0.5) is 5.82 Å². The fourth-order valence-electron chi connectivity index (χ4n) is 1.16. The third kappa shape index (κ3) is 2.44. The van der Waals surface area contributed by atoms with Gasteiger partial charge in [-0.1, -0.05) is 11.6 Å². The van der Waals surface area contributed by atoms with Gasteiger partial charge >= 0.3 is 0 Å². The van der Waals surface area contributed by atoms with E-state index in [-0.39, 0.29) is 0 Å². The lowest BCUT2D eigenvalue weighted by Crippen LogP contribution is -2.03. The van der Waals surface area contributed by atoms with Crippen LogP contribution in [0.1, 0.15) is 5.69 Å². The maximum Gasteiger partial charge on any atom is 0.144 e. The summed E-state index contributed by atoms with van der Waals surface area (Å²) in [4.78, 5) is 8.38. The molecule has 2 aromatic rings. The summed E-state index contributed by atoms with van der Waals surface area (Å²) in [7, 11) is 1.80. The van der Waals surface area contributed by atoms with E-state index in [0.717, 1.165) is 11.5 Å². The highest BCUT2D eigenvalue weighted by Crippen LogP contribution is 2.06. The lowest BCUT2D eigenvalue weighted by Gasteiger charge is -2.01. The summed E-state index contributed by atoms with van der Waals surface area (Å²) in [6, 6.07) is 0. The molecule has 1 N–H and O–H groups in total. The Labute approximate surface area is 92.1 Å². The molecule has 0 aliphatic carbocycles. The Kier molecular flexibility index (Phi) is 2.82. The van der Waals surface area contributed by atoms with E-state index in [1.807, 2.05) is 0 Å². The van der Waals surface area contributed by atoms with Crippen molar-refractivity contribution in [2.45, 2.75) is 6.54 Å².